The van der Waals surface area contributed by atoms with Crippen LogP contribution in [0.4, 0.5) is 10.7 Å². The molecule has 1 fully saturated rings. The fraction of sp³-hybridized carbons (Fsp3) is 0.583. The summed E-state index contributed by atoms with van der Waals surface area (Å²) < 4.78 is 5.38. The minimum Gasteiger partial charge on any atom is -0.492 e. The Morgan fingerprint density at radius 2 is 2.17 bits per heavy atom. The number of nitrogen functional groups attached to an aromatic ring is 1. The van der Waals surface area contributed by atoms with Gasteiger partial charge in [-0.1, -0.05) is 6.92 Å². The number of methoxy groups -OCH3 is 1. The van der Waals surface area contributed by atoms with Crippen LogP contribution in [0.15, 0.2) is 0 Å². The Labute approximate surface area is 111 Å². The summed E-state index contributed by atoms with van der Waals surface area (Å²) in [7, 11) is 1.60. The smallest absolute Gasteiger partial charge is 0.177 e. The second-order valence-electron chi connectivity index (χ2n) is 4.20. The van der Waals surface area contributed by atoms with E-state index in [9.17, 15) is 4.79 Å². The molecule has 6 heteroatoms. The molecule has 0 atom stereocenters. The molecule has 0 spiro atoms. The van der Waals surface area contributed by atoms with E-state index in [0.717, 1.165) is 31.2 Å². The average Bonchev–Trinajstić information content (AvgIpc) is 2.76. The van der Waals surface area contributed by atoms with Gasteiger partial charge >= 0.3 is 0 Å². The third-order valence-corrected chi connectivity index (χ3v) is 4.35. The Bertz CT molecular complexity index is 439. The summed E-state index contributed by atoms with van der Waals surface area (Å²) in [5, 5.41) is 4.28. The van der Waals surface area contributed by atoms with Crippen LogP contribution in [0.5, 0.6) is 5.75 Å². The number of ether oxygens (including phenoxy) is 1. The molecule has 1 aromatic rings. The lowest BCUT2D eigenvalue weighted by atomic mass is 10.2. The van der Waals surface area contributed by atoms with Crippen molar-refractivity contribution < 1.29 is 9.53 Å². The molecule has 0 amide bonds. The molecule has 0 aromatic carbocycles. The number of hydrogen-bond donors (Lipinski definition) is 2. The lowest BCUT2D eigenvalue weighted by Gasteiger charge is -2.28. The van der Waals surface area contributed by atoms with Gasteiger partial charge in [-0.3, -0.25) is 4.79 Å². The summed E-state index contributed by atoms with van der Waals surface area (Å²) >= 11 is 1.45. The van der Waals surface area contributed by atoms with E-state index in [2.05, 4.69) is 10.2 Å². The van der Waals surface area contributed by atoms with Gasteiger partial charge in [0, 0.05) is 32.6 Å². The molecule has 0 aliphatic carbocycles. The second kappa shape index (κ2) is 5.58. The van der Waals surface area contributed by atoms with E-state index in [1.807, 2.05) is 6.92 Å². The Balaban J connectivity index is 2.36. The van der Waals surface area contributed by atoms with Crippen LogP contribution in [-0.2, 0) is 0 Å². The summed E-state index contributed by atoms with van der Waals surface area (Å²) in [6.07, 6.45) is 0.467. The summed E-state index contributed by atoms with van der Waals surface area (Å²) in [5.41, 5.74) is 6.51. The number of carbonyl (C=O) groups excluding carboxylic acids is 1. The summed E-state index contributed by atoms with van der Waals surface area (Å²) in [4.78, 5) is 14.7. The highest BCUT2D eigenvalue weighted by molar-refractivity contribution is 7.19. The van der Waals surface area contributed by atoms with Gasteiger partial charge in [0.1, 0.15) is 5.00 Å². The number of Topliss-reactive ketones (excluding diaryl/α,β-unsaturated/α-hetero) is 1. The first kappa shape index (κ1) is 13.2. The Kier molecular flexibility index (Phi) is 4.08. The molecular formula is C12H19N3O2S. The average molecular weight is 269 g/mol. The van der Waals surface area contributed by atoms with Gasteiger partial charge in [0.05, 0.1) is 17.7 Å². The van der Waals surface area contributed by atoms with Crippen LogP contribution in [0.1, 0.15) is 23.0 Å². The molecule has 5 nitrogen and oxygen atoms in total. The van der Waals surface area contributed by atoms with Gasteiger partial charge in [-0.2, -0.15) is 0 Å². The molecule has 0 bridgehead atoms. The number of piperazine rings is 1. The minimum absolute atomic E-state index is 0.0807. The normalized spacial score (nSPS) is 15.8. The van der Waals surface area contributed by atoms with Crippen LogP contribution < -0.4 is 20.7 Å². The minimum atomic E-state index is 0.0807. The van der Waals surface area contributed by atoms with Gasteiger partial charge in [0.2, 0.25) is 0 Å². The highest BCUT2D eigenvalue weighted by Crippen LogP contribution is 2.45. The van der Waals surface area contributed by atoms with Crippen molar-refractivity contribution in [3.05, 3.63) is 4.88 Å². The standard InChI is InChI=1S/C12H19N3O2S/c1-3-8(16)11-9(13)10(17-2)12(18-11)15-6-4-14-5-7-15/h14H,3-7,13H2,1-2H3. The van der Waals surface area contributed by atoms with Gasteiger partial charge in [-0.25, -0.2) is 0 Å². The van der Waals surface area contributed by atoms with Crippen molar-refractivity contribution in [1.82, 2.24) is 5.32 Å². The van der Waals surface area contributed by atoms with Crippen molar-refractivity contribution in [2.24, 2.45) is 0 Å². The van der Waals surface area contributed by atoms with E-state index < -0.39 is 0 Å². The van der Waals surface area contributed by atoms with E-state index in [1.165, 1.54) is 11.3 Å². The zero-order valence-electron chi connectivity index (χ0n) is 10.8. The molecule has 0 saturated carbocycles. The van der Waals surface area contributed by atoms with Gasteiger partial charge in [-0.15, -0.1) is 11.3 Å². The lowest BCUT2D eigenvalue weighted by molar-refractivity contribution is 0.0992. The topological polar surface area (TPSA) is 67.6 Å². The van der Waals surface area contributed by atoms with E-state index in [-0.39, 0.29) is 5.78 Å². The highest BCUT2D eigenvalue weighted by atomic mass is 32.1. The number of nitrogens with two attached hydrogens (primary N) is 1. The number of ketones is 1. The van der Waals surface area contributed by atoms with Crippen molar-refractivity contribution in [3.8, 4) is 5.75 Å². The molecule has 1 aliphatic heterocycles. The third-order valence-electron chi connectivity index (χ3n) is 3.06. The largest absolute Gasteiger partial charge is 0.492 e. The molecule has 1 aliphatic rings. The maximum Gasteiger partial charge on any atom is 0.177 e. The summed E-state index contributed by atoms with van der Waals surface area (Å²) in [6, 6.07) is 0. The van der Waals surface area contributed by atoms with Crippen LogP contribution in [0, 0.1) is 0 Å². The molecule has 100 valence electrons. The van der Waals surface area contributed by atoms with Crippen molar-refractivity contribution in [1.29, 1.82) is 0 Å². The predicted molar refractivity (Wildman–Crippen MR) is 75.0 cm³/mol. The van der Waals surface area contributed by atoms with Gasteiger partial charge in [0.25, 0.3) is 0 Å². The maximum atomic E-state index is 11.8. The Morgan fingerprint density at radius 3 is 2.72 bits per heavy atom. The molecule has 3 N–H and O–H groups in total. The van der Waals surface area contributed by atoms with E-state index >= 15 is 0 Å². The maximum absolute atomic E-state index is 11.8. The first-order valence-corrected chi connectivity index (χ1v) is 6.95. The predicted octanol–water partition coefficient (Wildman–Crippen LogP) is 1.34. The summed E-state index contributed by atoms with van der Waals surface area (Å²) in [5.74, 6) is 0.732. The molecule has 0 radical (unpaired) electrons. The quantitative estimate of drug-likeness (QED) is 0.807. The third kappa shape index (κ3) is 2.30. The fourth-order valence-corrected chi connectivity index (χ4v) is 3.31. The van der Waals surface area contributed by atoms with Crippen LogP contribution >= 0.6 is 11.3 Å². The van der Waals surface area contributed by atoms with Gasteiger partial charge in [-0.05, 0) is 0 Å². The molecule has 0 unspecified atom stereocenters. The van der Waals surface area contributed by atoms with Crippen LogP contribution in [0.25, 0.3) is 0 Å². The number of thiophene rings is 1. The number of anilines is 2. The van der Waals surface area contributed by atoms with Crippen LogP contribution in [0.2, 0.25) is 0 Å². The fourth-order valence-electron chi connectivity index (χ4n) is 2.06. The zero-order chi connectivity index (χ0) is 13.1. The van der Waals surface area contributed by atoms with Crippen molar-refractivity contribution in [2.45, 2.75) is 13.3 Å². The first-order chi connectivity index (χ1) is 8.69. The molecule has 18 heavy (non-hydrogen) atoms. The number of nitrogens with one attached hydrogen (secondary N) is 1. The Morgan fingerprint density at radius 1 is 1.50 bits per heavy atom. The number of carbonyl (C=O) groups is 1. The van der Waals surface area contributed by atoms with Gasteiger partial charge in [0.15, 0.2) is 11.5 Å². The highest BCUT2D eigenvalue weighted by Gasteiger charge is 2.25. The molecule has 1 saturated heterocycles. The van der Waals surface area contributed by atoms with Crippen LogP contribution in [0.3, 0.4) is 0 Å². The molecule has 1 aromatic heterocycles. The number of hydrogen-bond acceptors (Lipinski definition) is 6. The van der Waals surface area contributed by atoms with E-state index in [1.54, 1.807) is 7.11 Å². The van der Waals surface area contributed by atoms with E-state index in [0.29, 0.717) is 22.7 Å². The van der Waals surface area contributed by atoms with E-state index in [4.69, 9.17) is 10.5 Å². The van der Waals surface area contributed by atoms with Crippen molar-refractivity contribution in [2.75, 3.05) is 43.9 Å². The summed E-state index contributed by atoms with van der Waals surface area (Å²) in [6.45, 7) is 5.56. The van der Waals surface area contributed by atoms with Crippen LogP contribution in [-0.4, -0.2) is 39.1 Å². The van der Waals surface area contributed by atoms with Crippen molar-refractivity contribution >= 4 is 27.8 Å². The van der Waals surface area contributed by atoms with Gasteiger partial charge < -0.3 is 20.7 Å². The molecule has 2 heterocycles. The monoisotopic (exact) mass is 269 g/mol. The SMILES string of the molecule is CCC(=O)c1sc(N2CCNCC2)c(OC)c1N. The second-order valence-corrected chi connectivity index (χ2v) is 5.20. The molecular weight excluding hydrogens is 250 g/mol. The number of rotatable bonds is 4. The number of nitrogens with zero attached hydrogens (tertiary/aromatic N) is 1. The lowest BCUT2D eigenvalue weighted by Crippen LogP contribution is -2.43. The zero-order valence-corrected chi connectivity index (χ0v) is 11.6. The Hall–Kier alpha value is -1.27. The molecule has 2 rings (SSSR count). The first-order valence-electron chi connectivity index (χ1n) is 6.14. The van der Waals surface area contributed by atoms with Crippen molar-refractivity contribution in [3.63, 3.8) is 0 Å².